The molecular weight excluding hydrogens is 448 g/mol. The molecule has 0 saturated heterocycles. The molecule has 1 aromatic rings. The fourth-order valence-electron chi connectivity index (χ4n) is 6.08. The summed E-state index contributed by atoms with van der Waals surface area (Å²) in [5.41, 5.74) is 0. The van der Waals surface area contributed by atoms with Crippen LogP contribution in [0.2, 0.25) is 0 Å². The van der Waals surface area contributed by atoms with E-state index in [1.807, 2.05) is 0 Å². The average Bonchev–Trinajstić information content (AvgIpc) is 3.40. The molecule has 0 spiro atoms. The molecule has 0 aliphatic carbocycles. The van der Waals surface area contributed by atoms with Crippen LogP contribution in [0, 0.1) is 0 Å². The summed E-state index contributed by atoms with van der Waals surface area (Å²) < 4.78 is 2.57. The number of rotatable bonds is 28. The van der Waals surface area contributed by atoms with Crippen LogP contribution >= 0.6 is 0 Å². The molecule has 0 saturated carbocycles. The van der Waals surface area contributed by atoms with Crippen LogP contribution < -0.4 is 4.57 Å². The summed E-state index contributed by atoms with van der Waals surface area (Å²) in [6, 6.07) is 0.621. The Hall–Kier alpha value is -0.790. The summed E-state index contributed by atoms with van der Waals surface area (Å²) >= 11 is 0. The molecule has 0 radical (unpaired) electrons. The van der Waals surface area contributed by atoms with Crippen LogP contribution in [0.3, 0.4) is 0 Å². The Morgan fingerprint density at radius 2 is 0.919 bits per heavy atom. The van der Waals surface area contributed by atoms with Gasteiger partial charge in [0, 0.05) is 0 Å². The number of nitrogens with zero attached hydrogens (tertiary/aromatic N) is 1. The zero-order valence-corrected chi connectivity index (χ0v) is 26.1. The van der Waals surface area contributed by atoms with Crippen molar-refractivity contribution in [1.82, 2.24) is 4.98 Å². The molecule has 2 heteroatoms. The topological polar surface area (TPSA) is 19.7 Å². The van der Waals surface area contributed by atoms with Crippen molar-refractivity contribution in [3.63, 3.8) is 0 Å². The van der Waals surface area contributed by atoms with E-state index in [2.05, 4.69) is 49.6 Å². The summed E-state index contributed by atoms with van der Waals surface area (Å²) in [7, 11) is 0. The van der Waals surface area contributed by atoms with Gasteiger partial charge in [-0.2, -0.15) is 0 Å². The zero-order chi connectivity index (χ0) is 26.8. The monoisotopic (exact) mass is 518 g/mol. The molecule has 0 aliphatic rings. The largest absolute Gasteiger partial charge is 0.257 e. The second kappa shape index (κ2) is 25.5. The molecule has 37 heavy (non-hydrogen) atoms. The van der Waals surface area contributed by atoms with Gasteiger partial charge in [-0.15, -0.1) is 0 Å². The molecule has 0 fully saturated rings. The van der Waals surface area contributed by atoms with Crippen molar-refractivity contribution in [2.45, 2.75) is 207 Å². The third-order valence-electron chi connectivity index (χ3n) is 8.73. The molecule has 1 N–H and O–H groups in total. The lowest BCUT2D eigenvalue weighted by Crippen LogP contribution is -2.41. The molecule has 0 bridgehead atoms. The number of H-pyrrole nitrogens is 1. The van der Waals surface area contributed by atoms with Gasteiger partial charge < -0.3 is 0 Å². The lowest BCUT2D eigenvalue weighted by molar-refractivity contribution is -0.727. The Kier molecular flexibility index (Phi) is 23.6. The van der Waals surface area contributed by atoms with Gasteiger partial charge in [0.2, 0.25) is 0 Å². The van der Waals surface area contributed by atoms with Gasteiger partial charge in [-0.1, -0.05) is 162 Å². The maximum absolute atomic E-state index is 3.63. The van der Waals surface area contributed by atoms with E-state index in [4.69, 9.17) is 0 Å². The molecule has 0 aliphatic heterocycles. The highest BCUT2D eigenvalue weighted by atomic mass is 15.1. The minimum Gasteiger partial charge on any atom is -0.247 e. The molecule has 0 amide bonds. The Morgan fingerprint density at radius 1 is 0.541 bits per heavy atom. The minimum atomic E-state index is 0.621. The van der Waals surface area contributed by atoms with E-state index >= 15 is 0 Å². The highest BCUT2D eigenvalue weighted by molar-refractivity contribution is 4.89. The summed E-state index contributed by atoms with van der Waals surface area (Å²) in [6.07, 6.45) is 41.4. The number of aromatic amines is 1. The van der Waals surface area contributed by atoms with Crippen molar-refractivity contribution in [3.8, 4) is 0 Å². The summed E-state index contributed by atoms with van der Waals surface area (Å²) in [5, 5.41) is 0. The zero-order valence-electron chi connectivity index (χ0n) is 26.1. The molecular formula is C35H69N2+. The summed E-state index contributed by atoms with van der Waals surface area (Å²) in [5.74, 6) is 2.18. The molecule has 2 atom stereocenters. The number of hydrogen-bond acceptors (Lipinski definition) is 0. The average molecular weight is 518 g/mol. The smallest absolute Gasteiger partial charge is 0.247 e. The Bertz CT molecular complexity index is 578. The first-order valence-corrected chi connectivity index (χ1v) is 17.3. The van der Waals surface area contributed by atoms with E-state index < -0.39 is 0 Å². The van der Waals surface area contributed by atoms with Crippen LogP contribution in [-0.2, 0) is 0 Å². The van der Waals surface area contributed by atoms with Gasteiger partial charge in [0.25, 0.3) is 5.82 Å². The first kappa shape index (κ1) is 34.2. The van der Waals surface area contributed by atoms with Gasteiger partial charge in [-0.25, -0.2) is 9.55 Å². The molecule has 1 aromatic heterocycles. The van der Waals surface area contributed by atoms with Crippen molar-refractivity contribution in [2.24, 2.45) is 0 Å². The van der Waals surface area contributed by atoms with Crippen LogP contribution in [0.1, 0.15) is 212 Å². The van der Waals surface area contributed by atoms with E-state index in [1.165, 1.54) is 173 Å². The Morgan fingerprint density at radius 3 is 1.32 bits per heavy atom. The minimum absolute atomic E-state index is 0.621. The predicted octanol–water partition coefficient (Wildman–Crippen LogP) is 12.1. The van der Waals surface area contributed by atoms with Crippen molar-refractivity contribution in [1.29, 1.82) is 0 Å². The van der Waals surface area contributed by atoms with Crippen molar-refractivity contribution < 1.29 is 4.57 Å². The normalized spacial score (nSPS) is 13.3. The van der Waals surface area contributed by atoms with Crippen molar-refractivity contribution in [2.75, 3.05) is 0 Å². The van der Waals surface area contributed by atoms with Gasteiger partial charge in [-0.05, 0) is 32.6 Å². The first-order valence-electron chi connectivity index (χ1n) is 17.3. The molecule has 2 unspecified atom stereocenters. The third-order valence-corrected chi connectivity index (χ3v) is 8.73. The second-order valence-electron chi connectivity index (χ2n) is 12.2. The van der Waals surface area contributed by atoms with E-state index in [0.29, 0.717) is 12.0 Å². The Balaban J connectivity index is 2.10. The van der Waals surface area contributed by atoms with E-state index in [0.717, 1.165) is 0 Å². The number of hydrogen-bond donors (Lipinski definition) is 1. The number of unbranched alkanes of at least 4 members (excludes halogenated alkanes) is 21. The van der Waals surface area contributed by atoms with Gasteiger partial charge in [0.15, 0.2) is 0 Å². The van der Waals surface area contributed by atoms with Crippen LogP contribution in [0.5, 0.6) is 0 Å². The van der Waals surface area contributed by atoms with Crippen LogP contribution in [-0.4, -0.2) is 4.98 Å². The number of nitrogens with one attached hydrogen (secondary N) is 1. The second-order valence-corrected chi connectivity index (χ2v) is 12.2. The predicted molar refractivity (Wildman–Crippen MR) is 166 cm³/mol. The maximum Gasteiger partial charge on any atom is 0.257 e. The molecule has 218 valence electrons. The van der Waals surface area contributed by atoms with Gasteiger partial charge in [-0.3, -0.25) is 0 Å². The third kappa shape index (κ3) is 18.2. The fraction of sp³-hybridized carbons (Fsp3) is 0.914. The maximum atomic E-state index is 3.63. The standard InChI is InChI=1S/C35H68N2/c1-5-8-10-12-14-16-17-18-19-20-22-23-25-27-29-33(4)37-32-31-36-35(37)34(7-3)30-28-26-24-21-15-13-11-9-6-2/h31-34H,5-30H2,1-4H3/p+1. The lowest BCUT2D eigenvalue weighted by atomic mass is 9.96. The van der Waals surface area contributed by atoms with Crippen LogP contribution in [0.25, 0.3) is 0 Å². The highest BCUT2D eigenvalue weighted by Gasteiger charge is 2.24. The number of aromatic nitrogens is 2. The highest BCUT2D eigenvalue weighted by Crippen LogP contribution is 2.24. The quantitative estimate of drug-likeness (QED) is 0.0842. The molecule has 2 nitrogen and oxygen atoms in total. The Labute approximate surface area is 234 Å². The van der Waals surface area contributed by atoms with Gasteiger partial charge >= 0.3 is 0 Å². The molecule has 1 heterocycles. The van der Waals surface area contributed by atoms with Gasteiger partial charge in [0.05, 0.1) is 12.0 Å². The molecule has 1 rings (SSSR count). The van der Waals surface area contributed by atoms with E-state index in [1.54, 1.807) is 0 Å². The van der Waals surface area contributed by atoms with Crippen molar-refractivity contribution >= 4 is 0 Å². The fourth-order valence-corrected chi connectivity index (χ4v) is 6.08. The van der Waals surface area contributed by atoms with E-state index in [-0.39, 0.29) is 0 Å². The summed E-state index contributed by atoms with van der Waals surface area (Å²) in [6.45, 7) is 9.42. The SMILES string of the molecule is CCCCCCCCCCCCCCCCC(C)[n+]1cc[nH]c1C(CC)CCCCCCCCCCC. The van der Waals surface area contributed by atoms with Crippen LogP contribution in [0.4, 0.5) is 0 Å². The van der Waals surface area contributed by atoms with Gasteiger partial charge in [0.1, 0.15) is 12.4 Å². The lowest BCUT2D eigenvalue weighted by Gasteiger charge is -2.16. The van der Waals surface area contributed by atoms with Crippen molar-refractivity contribution in [3.05, 3.63) is 18.2 Å². The summed E-state index contributed by atoms with van der Waals surface area (Å²) in [4.78, 5) is 3.63. The van der Waals surface area contributed by atoms with E-state index in [9.17, 15) is 0 Å². The number of imidazole rings is 1. The molecule has 0 aromatic carbocycles. The van der Waals surface area contributed by atoms with Crippen LogP contribution in [0.15, 0.2) is 12.4 Å². The first-order chi connectivity index (χ1) is 18.2.